The van der Waals surface area contributed by atoms with Gasteiger partial charge < -0.3 is 20.1 Å². The SMILES string of the molecule is N[C@@H]1CCN(C(=O)Oc2ccccc2OCc2ccccc2)C1. The Morgan fingerprint density at radius 2 is 1.78 bits per heavy atom. The fourth-order valence-electron chi connectivity index (χ4n) is 2.50. The van der Waals surface area contributed by atoms with E-state index in [-0.39, 0.29) is 12.1 Å². The molecule has 120 valence electrons. The van der Waals surface area contributed by atoms with Crippen LogP contribution in [0.15, 0.2) is 54.6 Å². The molecule has 5 nitrogen and oxygen atoms in total. The van der Waals surface area contributed by atoms with Crippen LogP contribution in [0.25, 0.3) is 0 Å². The van der Waals surface area contributed by atoms with E-state index in [1.165, 1.54) is 0 Å². The van der Waals surface area contributed by atoms with Crippen LogP contribution in [0.5, 0.6) is 11.5 Å². The van der Waals surface area contributed by atoms with E-state index in [1.807, 2.05) is 42.5 Å². The maximum atomic E-state index is 12.2. The largest absolute Gasteiger partial charge is 0.485 e. The van der Waals surface area contributed by atoms with Gasteiger partial charge in [0.05, 0.1) is 0 Å². The van der Waals surface area contributed by atoms with Crippen LogP contribution in [0, 0.1) is 0 Å². The maximum Gasteiger partial charge on any atom is 0.415 e. The van der Waals surface area contributed by atoms with Crippen molar-refractivity contribution in [2.45, 2.75) is 19.1 Å². The van der Waals surface area contributed by atoms with E-state index in [0.29, 0.717) is 31.2 Å². The molecule has 0 spiro atoms. The van der Waals surface area contributed by atoms with Crippen molar-refractivity contribution in [3.05, 3.63) is 60.2 Å². The summed E-state index contributed by atoms with van der Waals surface area (Å²) in [6.07, 6.45) is 0.426. The van der Waals surface area contributed by atoms with Gasteiger partial charge in [-0.15, -0.1) is 0 Å². The fraction of sp³-hybridized carbons (Fsp3) is 0.278. The molecule has 0 aromatic heterocycles. The zero-order chi connectivity index (χ0) is 16.1. The van der Waals surface area contributed by atoms with Crippen molar-refractivity contribution in [2.24, 2.45) is 5.73 Å². The zero-order valence-corrected chi connectivity index (χ0v) is 12.9. The summed E-state index contributed by atoms with van der Waals surface area (Å²) < 4.78 is 11.3. The van der Waals surface area contributed by atoms with Gasteiger partial charge in [0, 0.05) is 19.1 Å². The number of carbonyl (C=O) groups is 1. The summed E-state index contributed by atoms with van der Waals surface area (Å²) >= 11 is 0. The molecule has 1 fully saturated rings. The van der Waals surface area contributed by atoms with Crippen LogP contribution in [0.4, 0.5) is 4.79 Å². The number of hydrogen-bond acceptors (Lipinski definition) is 4. The highest BCUT2D eigenvalue weighted by atomic mass is 16.6. The molecule has 3 rings (SSSR count). The molecule has 1 amide bonds. The van der Waals surface area contributed by atoms with Crippen molar-refractivity contribution < 1.29 is 14.3 Å². The summed E-state index contributed by atoms with van der Waals surface area (Å²) in [5.74, 6) is 0.974. The first-order valence-corrected chi connectivity index (χ1v) is 7.70. The molecule has 23 heavy (non-hydrogen) atoms. The second kappa shape index (κ2) is 7.15. The molecule has 5 heteroatoms. The minimum Gasteiger partial charge on any atom is -0.485 e. The van der Waals surface area contributed by atoms with E-state index in [2.05, 4.69) is 0 Å². The highest BCUT2D eigenvalue weighted by Gasteiger charge is 2.25. The van der Waals surface area contributed by atoms with E-state index in [1.54, 1.807) is 17.0 Å². The number of rotatable bonds is 4. The van der Waals surface area contributed by atoms with Gasteiger partial charge in [0.2, 0.25) is 0 Å². The van der Waals surface area contributed by atoms with Crippen molar-refractivity contribution in [1.82, 2.24) is 4.90 Å². The number of para-hydroxylation sites is 2. The van der Waals surface area contributed by atoms with Gasteiger partial charge in [-0.05, 0) is 24.1 Å². The average Bonchev–Trinajstić information content (AvgIpc) is 3.02. The van der Waals surface area contributed by atoms with Crippen LogP contribution in [-0.2, 0) is 6.61 Å². The summed E-state index contributed by atoms with van der Waals surface area (Å²) in [5.41, 5.74) is 6.88. The number of likely N-dealkylation sites (tertiary alicyclic amines) is 1. The normalized spacial score (nSPS) is 17.1. The minimum atomic E-state index is -0.381. The van der Waals surface area contributed by atoms with Crippen LogP contribution >= 0.6 is 0 Å². The Morgan fingerprint density at radius 3 is 2.48 bits per heavy atom. The fourth-order valence-corrected chi connectivity index (χ4v) is 2.50. The Labute approximate surface area is 135 Å². The lowest BCUT2D eigenvalue weighted by atomic mass is 10.2. The van der Waals surface area contributed by atoms with Gasteiger partial charge in [0.15, 0.2) is 11.5 Å². The molecule has 0 radical (unpaired) electrons. The average molecular weight is 312 g/mol. The lowest BCUT2D eigenvalue weighted by Gasteiger charge is -2.17. The minimum absolute atomic E-state index is 0.0344. The lowest BCUT2D eigenvalue weighted by molar-refractivity contribution is 0.159. The summed E-state index contributed by atoms with van der Waals surface area (Å²) in [6.45, 7) is 1.59. The second-order valence-electron chi connectivity index (χ2n) is 5.58. The first-order chi connectivity index (χ1) is 11.2. The van der Waals surface area contributed by atoms with Gasteiger partial charge in [-0.25, -0.2) is 4.79 Å². The van der Waals surface area contributed by atoms with Crippen molar-refractivity contribution >= 4 is 6.09 Å². The number of amides is 1. The third kappa shape index (κ3) is 4.02. The smallest absolute Gasteiger partial charge is 0.415 e. The molecular formula is C18H20N2O3. The van der Waals surface area contributed by atoms with Gasteiger partial charge in [-0.1, -0.05) is 42.5 Å². The number of nitrogens with two attached hydrogens (primary N) is 1. The molecule has 2 aromatic rings. The van der Waals surface area contributed by atoms with E-state index in [9.17, 15) is 4.79 Å². The molecule has 2 aromatic carbocycles. The third-order valence-electron chi connectivity index (χ3n) is 3.77. The number of benzene rings is 2. The van der Waals surface area contributed by atoms with Gasteiger partial charge in [-0.3, -0.25) is 0 Å². The van der Waals surface area contributed by atoms with Gasteiger partial charge in [-0.2, -0.15) is 0 Å². The first kappa shape index (κ1) is 15.4. The molecular weight excluding hydrogens is 292 g/mol. The summed E-state index contributed by atoms with van der Waals surface area (Å²) in [5, 5.41) is 0. The van der Waals surface area contributed by atoms with E-state index in [4.69, 9.17) is 15.2 Å². The molecule has 0 saturated carbocycles. The van der Waals surface area contributed by atoms with Crippen molar-refractivity contribution in [3.63, 3.8) is 0 Å². The summed E-state index contributed by atoms with van der Waals surface area (Å²) in [7, 11) is 0. The molecule has 1 atom stereocenters. The Kier molecular flexibility index (Phi) is 4.78. The predicted molar refractivity (Wildman–Crippen MR) is 87.4 cm³/mol. The molecule has 1 heterocycles. The Hall–Kier alpha value is -2.53. The van der Waals surface area contributed by atoms with Crippen LogP contribution < -0.4 is 15.2 Å². The highest BCUT2D eigenvalue weighted by molar-refractivity contribution is 5.72. The van der Waals surface area contributed by atoms with Crippen LogP contribution in [0.2, 0.25) is 0 Å². The molecule has 0 aliphatic carbocycles. The van der Waals surface area contributed by atoms with E-state index < -0.39 is 0 Å². The predicted octanol–water partition coefficient (Wildman–Crippen LogP) is 2.80. The summed E-state index contributed by atoms with van der Waals surface area (Å²) in [4.78, 5) is 13.8. The lowest BCUT2D eigenvalue weighted by Crippen LogP contribution is -2.34. The number of ether oxygens (including phenoxy) is 2. The molecule has 0 bridgehead atoms. The quantitative estimate of drug-likeness (QED) is 0.943. The van der Waals surface area contributed by atoms with Crippen LogP contribution in [-0.4, -0.2) is 30.1 Å². The number of carbonyl (C=O) groups excluding carboxylic acids is 1. The number of hydrogen-bond donors (Lipinski definition) is 1. The monoisotopic (exact) mass is 312 g/mol. The first-order valence-electron chi connectivity index (χ1n) is 7.70. The van der Waals surface area contributed by atoms with Crippen LogP contribution in [0.3, 0.4) is 0 Å². The van der Waals surface area contributed by atoms with E-state index >= 15 is 0 Å². The van der Waals surface area contributed by atoms with Crippen molar-refractivity contribution in [2.75, 3.05) is 13.1 Å². The molecule has 0 unspecified atom stereocenters. The Bertz CT molecular complexity index is 660. The molecule has 1 aliphatic heterocycles. The maximum absolute atomic E-state index is 12.2. The van der Waals surface area contributed by atoms with Gasteiger partial charge in [0.25, 0.3) is 0 Å². The third-order valence-corrected chi connectivity index (χ3v) is 3.77. The molecule has 2 N–H and O–H groups in total. The Balaban J connectivity index is 1.64. The molecule has 1 aliphatic rings. The van der Waals surface area contributed by atoms with Gasteiger partial charge >= 0.3 is 6.09 Å². The van der Waals surface area contributed by atoms with Crippen LogP contribution in [0.1, 0.15) is 12.0 Å². The van der Waals surface area contributed by atoms with E-state index in [0.717, 1.165) is 12.0 Å². The summed E-state index contributed by atoms with van der Waals surface area (Å²) in [6, 6.07) is 17.1. The van der Waals surface area contributed by atoms with Gasteiger partial charge in [0.1, 0.15) is 6.61 Å². The number of nitrogens with zero attached hydrogens (tertiary/aromatic N) is 1. The second-order valence-corrected chi connectivity index (χ2v) is 5.58. The topological polar surface area (TPSA) is 64.8 Å². The standard InChI is InChI=1S/C18H20N2O3/c19-15-10-11-20(12-15)18(21)23-17-9-5-4-8-16(17)22-13-14-6-2-1-3-7-14/h1-9,15H,10-13,19H2/t15-/m1/s1. The Morgan fingerprint density at radius 1 is 1.09 bits per heavy atom. The highest BCUT2D eigenvalue weighted by Crippen LogP contribution is 2.28. The van der Waals surface area contributed by atoms with Crippen molar-refractivity contribution in [3.8, 4) is 11.5 Å². The zero-order valence-electron chi connectivity index (χ0n) is 12.9. The van der Waals surface area contributed by atoms with Crippen molar-refractivity contribution in [1.29, 1.82) is 0 Å². The molecule has 1 saturated heterocycles.